The summed E-state index contributed by atoms with van der Waals surface area (Å²) in [5.41, 5.74) is 0.382. The lowest BCUT2D eigenvalue weighted by Crippen LogP contribution is -2.53. The number of carbonyl (C=O) groups excluding carboxylic acids is 4. The summed E-state index contributed by atoms with van der Waals surface area (Å²) in [7, 11) is 1.49. The zero-order valence-corrected chi connectivity index (χ0v) is 24.9. The van der Waals surface area contributed by atoms with Crippen LogP contribution in [0, 0.1) is 11.8 Å². The molecule has 1 unspecified atom stereocenters. The number of carbonyl (C=O) groups is 4. The molecule has 1 aliphatic heterocycles. The molecule has 1 fully saturated rings. The summed E-state index contributed by atoms with van der Waals surface area (Å²) in [6.45, 7) is 4.29. The van der Waals surface area contributed by atoms with E-state index in [9.17, 15) is 24.0 Å². The fraction of sp³-hybridized carbons (Fsp3) is 0.355. The van der Waals surface area contributed by atoms with E-state index >= 15 is 0 Å². The van der Waals surface area contributed by atoms with E-state index in [0.717, 1.165) is 4.70 Å². The number of Topliss-reactive ketones (excluding diaryl/α,β-unsaturated/α-hetero) is 1. The smallest absolute Gasteiger partial charge is 0.261 e. The first-order valence-electron chi connectivity index (χ1n) is 14.1. The topological polar surface area (TPSA) is 159 Å². The third-order valence-corrected chi connectivity index (χ3v) is 8.51. The molecule has 11 nitrogen and oxygen atoms in total. The summed E-state index contributed by atoms with van der Waals surface area (Å²) in [5, 5.41) is 9.05. The molecule has 3 heterocycles. The molecule has 1 aliphatic rings. The second-order valence-electron chi connectivity index (χ2n) is 11.0. The van der Waals surface area contributed by atoms with Gasteiger partial charge in [-0.15, -0.1) is 11.3 Å². The van der Waals surface area contributed by atoms with Gasteiger partial charge in [-0.05, 0) is 55.5 Å². The molecule has 5 rings (SSSR count). The van der Waals surface area contributed by atoms with Gasteiger partial charge in [0, 0.05) is 17.8 Å². The van der Waals surface area contributed by atoms with E-state index in [1.807, 2.05) is 32.0 Å². The quantitative estimate of drug-likeness (QED) is 0.192. The molecule has 2 aromatic carbocycles. The summed E-state index contributed by atoms with van der Waals surface area (Å²) in [6.07, 6.45) is 0.885. The highest BCUT2D eigenvalue weighted by Gasteiger charge is 2.35. The number of nitrogens with zero attached hydrogens (tertiary/aromatic N) is 1. The van der Waals surface area contributed by atoms with Crippen molar-refractivity contribution in [3.8, 4) is 5.75 Å². The molecule has 0 saturated carbocycles. The van der Waals surface area contributed by atoms with Crippen LogP contribution in [0.25, 0.3) is 21.1 Å². The fourth-order valence-electron chi connectivity index (χ4n) is 5.27. The number of amides is 3. The number of methoxy groups -OCH3 is 1. The molecule has 4 aromatic rings. The van der Waals surface area contributed by atoms with E-state index in [-0.39, 0.29) is 35.2 Å². The van der Waals surface area contributed by atoms with Crippen LogP contribution in [-0.2, 0) is 9.59 Å². The minimum Gasteiger partial charge on any atom is -0.496 e. The highest BCUT2D eigenvalue weighted by Crippen LogP contribution is 2.26. The van der Waals surface area contributed by atoms with Crippen molar-refractivity contribution in [2.75, 3.05) is 13.7 Å². The van der Waals surface area contributed by atoms with Crippen molar-refractivity contribution in [2.24, 2.45) is 11.8 Å². The lowest BCUT2D eigenvalue weighted by molar-refractivity contribution is -0.125. The number of benzene rings is 2. The fourth-order valence-corrected chi connectivity index (χ4v) is 6.23. The van der Waals surface area contributed by atoms with Crippen LogP contribution < -0.4 is 26.2 Å². The number of aromatic amines is 1. The van der Waals surface area contributed by atoms with Gasteiger partial charge in [-0.2, -0.15) is 0 Å². The Labute approximate surface area is 251 Å². The number of fused-ring (bicyclic) bond motifs is 2. The van der Waals surface area contributed by atoms with Crippen molar-refractivity contribution in [1.29, 1.82) is 0 Å². The summed E-state index contributed by atoms with van der Waals surface area (Å²) >= 11 is 1.22. The number of pyridine rings is 1. The Morgan fingerprint density at radius 2 is 1.86 bits per heavy atom. The number of rotatable bonds is 11. The summed E-state index contributed by atoms with van der Waals surface area (Å²) in [6, 6.07) is 11.8. The summed E-state index contributed by atoms with van der Waals surface area (Å²) in [5.74, 6) is -1.88. The molecule has 0 radical (unpaired) electrons. The molecule has 4 N–H and O–H groups in total. The molecule has 0 bridgehead atoms. The van der Waals surface area contributed by atoms with Crippen molar-refractivity contribution >= 4 is 56.0 Å². The Morgan fingerprint density at radius 1 is 1.07 bits per heavy atom. The van der Waals surface area contributed by atoms with Gasteiger partial charge in [-0.3, -0.25) is 24.0 Å². The van der Waals surface area contributed by atoms with Crippen molar-refractivity contribution in [3.63, 3.8) is 0 Å². The molecule has 43 heavy (non-hydrogen) atoms. The number of hydrogen-bond acceptors (Lipinski definition) is 8. The first kappa shape index (κ1) is 29.9. The van der Waals surface area contributed by atoms with Gasteiger partial charge in [-0.25, -0.2) is 4.98 Å². The highest BCUT2D eigenvalue weighted by atomic mass is 32.1. The highest BCUT2D eigenvalue weighted by molar-refractivity contribution is 7.20. The number of thiazole rings is 1. The van der Waals surface area contributed by atoms with Crippen LogP contribution in [0.1, 0.15) is 53.3 Å². The van der Waals surface area contributed by atoms with E-state index in [0.29, 0.717) is 35.1 Å². The van der Waals surface area contributed by atoms with Gasteiger partial charge in [0.2, 0.25) is 17.6 Å². The van der Waals surface area contributed by atoms with Gasteiger partial charge >= 0.3 is 0 Å². The lowest BCUT2D eigenvalue weighted by atomic mass is 9.95. The first-order valence-corrected chi connectivity index (χ1v) is 14.9. The average Bonchev–Trinajstić information content (AvgIpc) is 3.60. The van der Waals surface area contributed by atoms with Gasteiger partial charge in [0.1, 0.15) is 17.4 Å². The molecule has 0 spiro atoms. The lowest BCUT2D eigenvalue weighted by Gasteiger charge is -2.24. The monoisotopic (exact) mass is 603 g/mol. The van der Waals surface area contributed by atoms with Crippen molar-refractivity contribution in [1.82, 2.24) is 25.9 Å². The standard InChI is InChI=1S/C31H33N5O6S/c1-16(2)13-23(35-29(40)19-15-18-20(33-28(19)39)8-6-9-24(18)42-3)30(41)34-22(14-17-11-12-32-27(17)38)26(37)31-36-21-7-4-5-10-25(21)43-31/h4-10,15-17,22-23H,11-14H2,1-3H3,(H,32,38)(H,33,39)(H,34,41)(H,35,40)/t17?,22-,23-/m0/s1. The van der Waals surface area contributed by atoms with Crippen molar-refractivity contribution in [2.45, 2.75) is 45.2 Å². The van der Waals surface area contributed by atoms with Gasteiger partial charge in [0.25, 0.3) is 11.5 Å². The first-order chi connectivity index (χ1) is 20.6. The number of ketones is 1. The number of para-hydroxylation sites is 1. The molecular formula is C31H33N5O6S. The van der Waals surface area contributed by atoms with Crippen LogP contribution in [-0.4, -0.2) is 59.2 Å². The van der Waals surface area contributed by atoms with Crippen LogP contribution in [0.5, 0.6) is 5.75 Å². The number of ether oxygens (including phenoxy) is 1. The van der Waals surface area contributed by atoms with Gasteiger partial charge in [0.05, 0.1) is 28.9 Å². The Kier molecular flexibility index (Phi) is 8.86. The van der Waals surface area contributed by atoms with Gasteiger partial charge < -0.3 is 25.7 Å². The maximum absolute atomic E-state index is 13.7. The minimum atomic E-state index is -1.05. The second kappa shape index (κ2) is 12.7. The number of H-pyrrole nitrogens is 1. The normalized spacial score (nSPS) is 16.2. The molecule has 12 heteroatoms. The summed E-state index contributed by atoms with van der Waals surface area (Å²) < 4.78 is 6.21. The van der Waals surface area contributed by atoms with Crippen molar-refractivity contribution < 1.29 is 23.9 Å². The van der Waals surface area contributed by atoms with Crippen LogP contribution >= 0.6 is 11.3 Å². The van der Waals surface area contributed by atoms with E-state index in [1.165, 1.54) is 24.5 Å². The Bertz CT molecular complexity index is 1730. The van der Waals surface area contributed by atoms with E-state index in [1.54, 1.807) is 24.3 Å². The predicted octanol–water partition coefficient (Wildman–Crippen LogP) is 3.18. The third kappa shape index (κ3) is 6.59. The van der Waals surface area contributed by atoms with Crippen LogP contribution in [0.15, 0.2) is 53.3 Å². The Balaban J connectivity index is 1.41. The maximum atomic E-state index is 13.7. The van der Waals surface area contributed by atoms with E-state index in [2.05, 4.69) is 25.9 Å². The maximum Gasteiger partial charge on any atom is 0.261 e. The Hall–Kier alpha value is -4.58. The van der Waals surface area contributed by atoms with Gasteiger partial charge in [-0.1, -0.05) is 32.0 Å². The number of nitrogens with one attached hydrogen (secondary N) is 4. The molecule has 224 valence electrons. The molecular weight excluding hydrogens is 570 g/mol. The number of hydrogen-bond donors (Lipinski definition) is 4. The molecule has 2 aromatic heterocycles. The minimum absolute atomic E-state index is 0.00921. The molecule has 3 atom stereocenters. The van der Waals surface area contributed by atoms with Gasteiger partial charge in [0.15, 0.2) is 5.01 Å². The van der Waals surface area contributed by atoms with E-state index in [4.69, 9.17) is 4.74 Å². The average molecular weight is 604 g/mol. The molecule has 3 amide bonds. The van der Waals surface area contributed by atoms with Crippen molar-refractivity contribution in [3.05, 3.63) is 69.5 Å². The van der Waals surface area contributed by atoms with Crippen LogP contribution in [0.2, 0.25) is 0 Å². The molecule has 0 aliphatic carbocycles. The van der Waals surface area contributed by atoms with Crippen LogP contribution in [0.3, 0.4) is 0 Å². The predicted molar refractivity (Wildman–Crippen MR) is 163 cm³/mol. The zero-order valence-electron chi connectivity index (χ0n) is 24.1. The van der Waals surface area contributed by atoms with Crippen LogP contribution in [0.4, 0.5) is 0 Å². The Morgan fingerprint density at radius 3 is 2.56 bits per heavy atom. The zero-order chi connectivity index (χ0) is 30.7. The molecule has 1 saturated heterocycles. The third-order valence-electron chi connectivity index (χ3n) is 7.46. The van der Waals surface area contributed by atoms with E-state index < -0.39 is 41.2 Å². The second-order valence-corrected chi connectivity index (χ2v) is 12.0. The summed E-state index contributed by atoms with van der Waals surface area (Å²) in [4.78, 5) is 73.2. The number of aromatic nitrogens is 2. The largest absolute Gasteiger partial charge is 0.496 e. The SMILES string of the molecule is COc1cccc2[nH]c(=O)c(C(=O)N[C@@H](CC(C)C)C(=O)N[C@@H](CC3CCNC3=O)C(=O)c3nc4ccccc4s3)cc12.